The first kappa shape index (κ1) is 10.9. The summed E-state index contributed by atoms with van der Waals surface area (Å²) >= 11 is 0. The van der Waals surface area contributed by atoms with Crippen molar-refractivity contribution in [1.82, 2.24) is 20.0 Å². The first-order valence-electron chi connectivity index (χ1n) is 5.64. The highest BCUT2D eigenvalue weighted by molar-refractivity contribution is 5.78. The topological polar surface area (TPSA) is 63.8 Å². The third kappa shape index (κ3) is 1.74. The molecule has 0 aliphatic heterocycles. The van der Waals surface area contributed by atoms with Gasteiger partial charge in [-0.25, -0.2) is 9.67 Å². The monoisotopic (exact) mass is 240 g/mol. The van der Waals surface area contributed by atoms with E-state index in [2.05, 4.69) is 15.3 Å². The normalized spacial score (nSPS) is 12.8. The Morgan fingerprint density at radius 3 is 2.78 bits per heavy atom. The van der Waals surface area contributed by atoms with Crippen LogP contribution in [-0.2, 0) is 7.05 Å². The Balaban J connectivity index is 2.07. The predicted octanol–water partition coefficient (Wildman–Crippen LogP) is 1.44. The standard InChI is InChI=1S/C13H12N4O/c1-17-12(8-14-16-17)13(18)11-7-6-9-4-2-3-5-10(9)15-11/h2-8,13,18H,1H3. The van der Waals surface area contributed by atoms with Crippen LogP contribution < -0.4 is 0 Å². The largest absolute Gasteiger partial charge is 0.380 e. The van der Waals surface area contributed by atoms with Crippen LogP contribution >= 0.6 is 0 Å². The third-order valence-electron chi connectivity index (χ3n) is 2.93. The molecule has 5 nitrogen and oxygen atoms in total. The van der Waals surface area contributed by atoms with E-state index in [1.807, 2.05) is 36.4 Å². The van der Waals surface area contributed by atoms with Crippen LogP contribution in [-0.4, -0.2) is 25.1 Å². The lowest BCUT2D eigenvalue weighted by molar-refractivity contribution is 0.205. The van der Waals surface area contributed by atoms with Crippen molar-refractivity contribution in [2.45, 2.75) is 6.10 Å². The number of pyridine rings is 1. The van der Waals surface area contributed by atoms with Gasteiger partial charge < -0.3 is 5.11 Å². The number of rotatable bonds is 2. The van der Waals surface area contributed by atoms with Gasteiger partial charge in [-0.3, -0.25) is 0 Å². The number of aryl methyl sites for hydroxylation is 1. The summed E-state index contributed by atoms with van der Waals surface area (Å²) in [6.07, 6.45) is 0.733. The maximum atomic E-state index is 10.3. The minimum Gasteiger partial charge on any atom is -0.380 e. The molecule has 90 valence electrons. The Hall–Kier alpha value is -2.27. The second kappa shape index (κ2) is 4.19. The van der Waals surface area contributed by atoms with Crippen LogP contribution in [0.5, 0.6) is 0 Å². The lowest BCUT2D eigenvalue weighted by Gasteiger charge is -2.10. The number of aromatic nitrogens is 4. The van der Waals surface area contributed by atoms with Gasteiger partial charge in [-0.2, -0.15) is 0 Å². The minimum absolute atomic E-state index is 0.596. The molecule has 1 atom stereocenters. The van der Waals surface area contributed by atoms with Crippen molar-refractivity contribution in [3.05, 3.63) is 54.0 Å². The lowest BCUT2D eigenvalue weighted by Crippen LogP contribution is -2.08. The molecule has 0 saturated carbocycles. The van der Waals surface area contributed by atoms with Gasteiger partial charge in [0.1, 0.15) is 6.10 Å². The molecule has 0 aliphatic carbocycles. The summed E-state index contributed by atoms with van der Waals surface area (Å²) in [5, 5.41) is 18.9. The van der Waals surface area contributed by atoms with Gasteiger partial charge in [0, 0.05) is 12.4 Å². The molecular formula is C13H12N4O. The van der Waals surface area contributed by atoms with Gasteiger partial charge in [0.15, 0.2) is 0 Å². The first-order valence-corrected chi connectivity index (χ1v) is 5.64. The molecule has 3 aromatic rings. The van der Waals surface area contributed by atoms with Crippen LogP contribution in [0.2, 0.25) is 0 Å². The van der Waals surface area contributed by atoms with Crippen LogP contribution in [0.25, 0.3) is 10.9 Å². The molecular weight excluding hydrogens is 228 g/mol. The fraction of sp³-hybridized carbons (Fsp3) is 0.154. The van der Waals surface area contributed by atoms with Gasteiger partial charge in [0.2, 0.25) is 0 Å². The molecule has 1 unspecified atom stereocenters. The number of aliphatic hydroxyl groups excluding tert-OH is 1. The van der Waals surface area contributed by atoms with E-state index < -0.39 is 6.10 Å². The molecule has 0 aliphatic rings. The summed E-state index contributed by atoms with van der Waals surface area (Å²) < 4.78 is 1.54. The number of fused-ring (bicyclic) bond motifs is 1. The Morgan fingerprint density at radius 2 is 2.00 bits per heavy atom. The Bertz CT molecular complexity index is 692. The van der Waals surface area contributed by atoms with Crippen LogP contribution in [0, 0.1) is 0 Å². The molecule has 0 amide bonds. The minimum atomic E-state index is -0.811. The predicted molar refractivity (Wildman–Crippen MR) is 66.8 cm³/mol. The molecule has 2 heterocycles. The second-order valence-corrected chi connectivity index (χ2v) is 4.11. The van der Waals surface area contributed by atoms with Crippen LogP contribution in [0.4, 0.5) is 0 Å². The van der Waals surface area contributed by atoms with Gasteiger partial charge >= 0.3 is 0 Å². The molecule has 0 spiro atoms. The summed E-state index contributed by atoms with van der Waals surface area (Å²) in [4.78, 5) is 4.45. The van der Waals surface area contributed by atoms with E-state index >= 15 is 0 Å². The van der Waals surface area contributed by atoms with Gasteiger partial charge in [-0.1, -0.05) is 29.5 Å². The molecule has 0 radical (unpaired) electrons. The number of aliphatic hydroxyl groups is 1. The lowest BCUT2D eigenvalue weighted by atomic mass is 10.1. The fourth-order valence-corrected chi connectivity index (χ4v) is 1.93. The van der Waals surface area contributed by atoms with E-state index in [1.165, 1.54) is 0 Å². The summed E-state index contributed by atoms with van der Waals surface area (Å²) in [6.45, 7) is 0. The number of benzene rings is 1. The van der Waals surface area contributed by atoms with Crippen molar-refractivity contribution < 1.29 is 5.11 Å². The molecule has 5 heteroatoms. The van der Waals surface area contributed by atoms with E-state index in [0.29, 0.717) is 11.4 Å². The average molecular weight is 240 g/mol. The quantitative estimate of drug-likeness (QED) is 0.736. The zero-order valence-electron chi connectivity index (χ0n) is 9.85. The van der Waals surface area contributed by atoms with Crippen molar-refractivity contribution in [2.75, 3.05) is 0 Å². The van der Waals surface area contributed by atoms with Crippen molar-refractivity contribution in [3.63, 3.8) is 0 Å². The van der Waals surface area contributed by atoms with E-state index in [-0.39, 0.29) is 0 Å². The van der Waals surface area contributed by atoms with Crippen molar-refractivity contribution in [3.8, 4) is 0 Å². The Labute approximate surface area is 104 Å². The van der Waals surface area contributed by atoms with Crippen LogP contribution in [0.1, 0.15) is 17.5 Å². The number of hydrogen-bond acceptors (Lipinski definition) is 4. The van der Waals surface area contributed by atoms with Gasteiger partial charge in [-0.15, -0.1) is 5.10 Å². The van der Waals surface area contributed by atoms with E-state index in [0.717, 1.165) is 10.9 Å². The van der Waals surface area contributed by atoms with Crippen LogP contribution in [0.3, 0.4) is 0 Å². The molecule has 0 saturated heterocycles. The first-order chi connectivity index (χ1) is 8.75. The molecule has 2 aromatic heterocycles. The Morgan fingerprint density at radius 1 is 1.17 bits per heavy atom. The highest BCUT2D eigenvalue weighted by Crippen LogP contribution is 2.21. The Kier molecular flexibility index (Phi) is 2.53. The molecule has 1 aromatic carbocycles. The molecule has 18 heavy (non-hydrogen) atoms. The summed E-state index contributed by atoms with van der Waals surface area (Å²) in [6, 6.07) is 11.6. The number of hydrogen-bond donors (Lipinski definition) is 1. The van der Waals surface area contributed by atoms with Crippen LogP contribution in [0.15, 0.2) is 42.6 Å². The smallest absolute Gasteiger partial charge is 0.139 e. The van der Waals surface area contributed by atoms with Gasteiger partial charge in [0.25, 0.3) is 0 Å². The second-order valence-electron chi connectivity index (χ2n) is 4.11. The highest BCUT2D eigenvalue weighted by Gasteiger charge is 2.16. The number of para-hydroxylation sites is 1. The average Bonchev–Trinajstić information content (AvgIpc) is 2.83. The van der Waals surface area contributed by atoms with Crippen molar-refractivity contribution in [1.29, 1.82) is 0 Å². The van der Waals surface area contributed by atoms with Gasteiger partial charge in [0.05, 0.1) is 23.1 Å². The maximum Gasteiger partial charge on any atom is 0.139 e. The number of nitrogens with zero attached hydrogens (tertiary/aromatic N) is 4. The van der Waals surface area contributed by atoms with E-state index in [9.17, 15) is 5.11 Å². The molecule has 0 fully saturated rings. The third-order valence-corrected chi connectivity index (χ3v) is 2.93. The van der Waals surface area contributed by atoms with E-state index in [1.54, 1.807) is 17.9 Å². The molecule has 1 N–H and O–H groups in total. The van der Waals surface area contributed by atoms with Gasteiger partial charge in [-0.05, 0) is 12.1 Å². The zero-order valence-corrected chi connectivity index (χ0v) is 9.85. The molecule has 3 rings (SSSR count). The summed E-state index contributed by atoms with van der Waals surface area (Å²) in [5.41, 5.74) is 2.08. The summed E-state index contributed by atoms with van der Waals surface area (Å²) in [7, 11) is 1.74. The summed E-state index contributed by atoms with van der Waals surface area (Å²) in [5.74, 6) is 0. The zero-order chi connectivity index (χ0) is 12.5. The fourth-order valence-electron chi connectivity index (χ4n) is 1.93. The SMILES string of the molecule is Cn1nncc1C(O)c1ccc2ccccc2n1. The highest BCUT2D eigenvalue weighted by atomic mass is 16.3. The van der Waals surface area contributed by atoms with Crippen molar-refractivity contribution >= 4 is 10.9 Å². The maximum absolute atomic E-state index is 10.3. The van der Waals surface area contributed by atoms with E-state index in [4.69, 9.17) is 0 Å². The van der Waals surface area contributed by atoms with Crippen molar-refractivity contribution in [2.24, 2.45) is 7.05 Å². The molecule has 0 bridgehead atoms.